The molecule has 1 aliphatic heterocycles. The standard InChI is InChI=1S/C13H23BrO/c1-13(2)8-7-11(15-13)9-10-5-3-4-6-12(10)14/h10-12H,3-9H2,1-2H3. The molecule has 0 bridgehead atoms. The summed E-state index contributed by atoms with van der Waals surface area (Å²) in [5.74, 6) is 0.859. The lowest BCUT2D eigenvalue weighted by Crippen LogP contribution is -2.26. The Bertz CT molecular complexity index is 215. The van der Waals surface area contributed by atoms with E-state index in [0.29, 0.717) is 6.10 Å². The highest BCUT2D eigenvalue weighted by atomic mass is 79.9. The molecule has 1 saturated heterocycles. The van der Waals surface area contributed by atoms with Crippen LogP contribution in [0, 0.1) is 5.92 Å². The Balaban J connectivity index is 1.81. The molecule has 0 aromatic rings. The van der Waals surface area contributed by atoms with Gasteiger partial charge in [0.1, 0.15) is 0 Å². The molecule has 0 aromatic carbocycles. The normalized spacial score (nSPS) is 40.6. The van der Waals surface area contributed by atoms with Gasteiger partial charge in [-0.25, -0.2) is 0 Å². The molecule has 0 amide bonds. The lowest BCUT2D eigenvalue weighted by atomic mass is 9.85. The molecule has 2 fully saturated rings. The van der Waals surface area contributed by atoms with Crippen LogP contribution in [0.1, 0.15) is 58.8 Å². The fourth-order valence-electron chi connectivity index (χ4n) is 3.01. The van der Waals surface area contributed by atoms with Crippen LogP contribution < -0.4 is 0 Å². The minimum Gasteiger partial charge on any atom is -0.372 e. The summed E-state index contributed by atoms with van der Waals surface area (Å²) < 4.78 is 6.08. The maximum atomic E-state index is 6.08. The Morgan fingerprint density at radius 3 is 2.53 bits per heavy atom. The Kier molecular flexibility index (Phi) is 3.77. The molecule has 2 aliphatic rings. The molecular weight excluding hydrogens is 252 g/mol. The number of hydrogen-bond acceptors (Lipinski definition) is 1. The van der Waals surface area contributed by atoms with Crippen molar-refractivity contribution in [1.29, 1.82) is 0 Å². The predicted molar refractivity (Wildman–Crippen MR) is 67.5 cm³/mol. The molecule has 3 atom stereocenters. The summed E-state index contributed by atoms with van der Waals surface area (Å²) in [5, 5.41) is 0. The Morgan fingerprint density at radius 2 is 1.93 bits per heavy atom. The number of ether oxygens (including phenoxy) is 1. The van der Waals surface area contributed by atoms with Crippen molar-refractivity contribution < 1.29 is 4.74 Å². The fourth-order valence-corrected chi connectivity index (χ4v) is 3.81. The van der Waals surface area contributed by atoms with Gasteiger partial charge in [0.2, 0.25) is 0 Å². The van der Waals surface area contributed by atoms with Crippen molar-refractivity contribution in [3.63, 3.8) is 0 Å². The lowest BCUT2D eigenvalue weighted by Gasteiger charge is -2.30. The van der Waals surface area contributed by atoms with E-state index in [4.69, 9.17) is 4.74 Å². The third-order valence-corrected chi connectivity index (χ3v) is 5.14. The van der Waals surface area contributed by atoms with Crippen LogP contribution >= 0.6 is 15.9 Å². The molecule has 1 saturated carbocycles. The monoisotopic (exact) mass is 274 g/mol. The Labute approximate surface area is 102 Å². The van der Waals surface area contributed by atoms with E-state index in [-0.39, 0.29) is 5.60 Å². The minimum atomic E-state index is 0.140. The molecule has 3 unspecified atom stereocenters. The molecular formula is C13H23BrO. The first-order chi connectivity index (χ1) is 7.07. The molecule has 0 spiro atoms. The summed E-state index contributed by atoms with van der Waals surface area (Å²) in [6.45, 7) is 4.44. The second-order valence-electron chi connectivity index (χ2n) is 5.83. The average Bonchev–Trinajstić information content (AvgIpc) is 2.50. The summed E-state index contributed by atoms with van der Waals surface area (Å²) in [6, 6.07) is 0. The minimum absolute atomic E-state index is 0.140. The number of halogens is 1. The van der Waals surface area contributed by atoms with Gasteiger partial charge in [0, 0.05) is 4.83 Å². The summed E-state index contributed by atoms with van der Waals surface area (Å²) in [6.07, 6.45) is 9.89. The summed E-state index contributed by atoms with van der Waals surface area (Å²) in [7, 11) is 0. The van der Waals surface area contributed by atoms with Crippen LogP contribution in [0.15, 0.2) is 0 Å². The van der Waals surface area contributed by atoms with Crippen LogP contribution in [0.3, 0.4) is 0 Å². The van der Waals surface area contributed by atoms with Crippen LogP contribution in [0.2, 0.25) is 0 Å². The van der Waals surface area contributed by atoms with Crippen molar-refractivity contribution >= 4 is 15.9 Å². The Hall–Kier alpha value is 0.440. The van der Waals surface area contributed by atoms with Crippen molar-refractivity contribution in [1.82, 2.24) is 0 Å². The first kappa shape index (κ1) is 11.9. The van der Waals surface area contributed by atoms with Gasteiger partial charge >= 0.3 is 0 Å². The number of rotatable bonds is 2. The number of hydrogen-bond donors (Lipinski definition) is 0. The van der Waals surface area contributed by atoms with Gasteiger partial charge in [0.15, 0.2) is 0 Å². The van der Waals surface area contributed by atoms with E-state index in [1.54, 1.807) is 0 Å². The second kappa shape index (κ2) is 4.75. The van der Waals surface area contributed by atoms with Crippen molar-refractivity contribution in [2.45, 2.75) is 75.3 Å². The van der Waals surface area contributed by atoms with Gasteiger partial charge in [-0.1, -0.05) is 28.8 Å². The van der Waals surface area contributed by atoms with E-state index in [1.807, 2.05) is 0 Å². The largest absolute Gasteiger partial charge is 0.372 e. The zero-order valence-electron chi connectivity index (χ0n) is 9.97. The van der Waals surface area contributed by atoms with Crippen LogP contribution in [0.5, 0.6) is 0 Å². The van der Waals surface area contributed by atoms with Gasteiger partial charge in [-0.15, -0.1) is 0 Å². The van der Waals surface area contributed by atoms with Crippen molar-refractivity contribution in [3.8, 4) is 0 Å². The lowest BCUT2D eigenvalue weighted by molar-refractivity contribution is -0.0259. The molecule has 0 N–H and O–H groups in total. The molecule has 2 rings (SSSR count). The molecule has 15 heavy (non-hydrogen) atoms. The van der Waals surface area contributed by atoms with E-state index >= 15 is 0 Å². The molecule has 0 aromatic heterocycles. The van der Waals surface area contributed by atoms with Gasteiger partial charge in [0.05, 0.1) is 11.7 Å². The van der Waals surface area contributed by atoms with Crippen LogP contribution in [0.25, 0.3) is 0 Å². The second-order valence-corrected chi connectivity index (χ2v) is 7.01. The van der Waals surface area contributed by atoms with Crippen molar-refractivity contribution in [2.75, 3.05) is 0 Å². The third kappa shape index (κ3) is 3.20. The van der Waals surface area contributed by atoms with Crippen molar-refractivity contribution in [3.05, 3.63) is 0 Å². The predicted octanol–water partition coefficient (Wildman–Crippen LogP) is 4.29. The topological polar surface area (TPSA) is 9.23 Å². The van der Waals surface area contributed by atoms with Gasteiger partial charge in [0.25, 0.3) is 0 Å². The highest BCUT2D eigenvalue weighted by Gasteiger charge is 2.34. The van der Waals surface area contributed by atoms with Crippen LogP contribution in [0.4, 0.5) is 0 Å². The summed E-state index contributed by atoms with van der Waals surface area (Å²) >= 11 is 3.83. The SMILES string of the molecule is CC1(C)CCC(CC2CCCCC2Br)O1. The van der Waals surface area contributed by atoms with E-state index in [2.05, 4.69) is 29.8 Å². The van der Waals surface area contributed by atoms with Gasteiger partial charge < -0.3 is 4.74 Å². The molecule has 0 radical (unpaired) electrons. The van der Waals surface area contributed by atoms with Crippen LogP contribution in [-0.4, -0.2) is 16.5 Å². The number of alkyl halides is 1. The highest BCUT2D eigenvalue weighted by molar-refractivity contribution is 9.09. The maximum Gasteiger partial charge on any atom is 0.0631 e. The Morgan fingerprint density at radius 1 is 1.20 bits per heavy atom. The highest BCUT2D eigenvalue weighted by Crippen LogP contribution is 2.38. The molecule has 1 heterocycles. The maximum absolute atomic E-state index is 6.08. The quantitative estimate of drug-likeness (QED) is 0.683. The fraction of sp³-hybridized carbons (Fsp3) is 1.00. The van der Waals surface area contributed by atoms with E-state index in [0.717, 1.165) is 10.7 Å². The summed E-state index contributed by atoms with van der Waals surface area (Å²) in [4.78, 5) is 0.749. The van der Waals surface area contributed by atoms with Gasteiger partial charge in [-0.3, -0.25) is 0 Å². The smallest absolute Gasteiger partial charge is 0.0631 e. The molecule has 1 nitrogen and oxygen atoms in total. The first-order valence-corrected chi connectivity index (χ1v) is 7.30. The summed E-state index contributed by atoms with van der Waals surface area (Å²) in [5.41, 5.74) is 0.140. The van der Waals surface area contributed by atoms with Crippen LogP contribution in [-0.2, 0) is 4.74 Å². The zero-order valence-corrected chi connectivity index (χ0v) is 11.6. The third-order valence-electron chi connectivity index (χ3n) is 3.94. The van der Waals surface area contributed by atoms with E-state index < -0.39 is 0 Å². The van der Waals surface area contributed by atoms with Gasteiger partial charge in [-0.05, 0) is 51.9 Å². The molecule has 2 heteroatoms. The zero-order chi connectivity index (χ0) is 10.9. The van der Waals surface area contributed by atoms with Gasteiger partial charge in [-0.2, -0.15) is 0 Å². The van der Waals surface area contributed by atoms with E-state index in [1.165, 1.54) is 44.9 Å². The average molecular weight is 275 g/mol. The molecule has 88 valence electrons. The van der Waals surface area contributed by atoms with Crippen molar-refractivity contribution in [2.24, 2.45) is 5.92 Å². The van der Waals surface area contributed by atoms with E-state index in [9.17, 15) is 0 Å². The molecule has 1 aliphatic carbocycles. The first-order valence-electron chi connectivity index (χ1n) is 6.39.